The molecule has 0 aliphatic carbocycles. The topological polar surface area (TPSA) is 89.1 Å². The summed E-state index contributed by atoms with van der Waals surface area (Å²) in [6, 6.07) is 19.0. The highest BCUT2D eigenvalue weighted by Gasteiger charge is 2.17. The molecule has 0 saturated heterocycles. The summed E-state index contributed by atoms with van der Waals surface area (Å²) in [5.74, 6) is 0.745. The minimum atomic E-state index is -0.353. The standard InChI is InChI=1S/C27H31N3O5.3ClH/c1-30(2)16-9-17-35-25-15-14-19(28-26(31)20-10-5-7-12-23(20)33-3)18-22(25)29-27(32)21-11-6-8-13-24(21)34-4;;;/h5-8,10-15,18H,9,16-17H2,1-4H3,(H,28,31)(H,29,32);3*1H. The van der Waals surface area contributed by atoms with Gasteiger partial charge in [0.05, 0.1) is 37.6 Å². The molecule has 208 valence electrons. The Bertz CT molecular complexity index is 1180. The number of benzene rings is 3. The molecular formula is C27H34Cl3N3O5. The van der Waals surface area contributed by atoms with Crippen LogP contribution in [-0.2, 0) is 0 Å². The van der Waals surface area contributed by atoms with Crippen LogP contribution in [0.2, 0.25) is 0 Å². The van der Waals surface area contributed by atoms with Crippen molar-refractivity contribution in [3.8, 4) is 17.2 Å². The van der Waals surface area contributed by atoms with Crippen molar-refractivity contribution in [2.45, 2.75) is 6.42 Å². The molecule has 2 amide bonds. The number of rotatable bonds is 11. The van der Waals surface area contributed by atoms with Gasteiger partial charge < -0.3 is 29.7 Å². The van der Waals surface area contributed by atoms with Crippen LogP contribution in [0.4, 0.5) is 11.4 Å². The SMILES string of the molecule is COc1ccccc1C(=O)Nc1ccc(OCCCN(C)C)c(NC(=O)c2ccccc2OC)c1.Cl.Cl.Cl. The number of carbonyl (C=O) groups excluding carboxylic acids is 2. The monoisotopic (exact) mass is 585 g/mol. The average molecular weight is 587 g/mol. The Labute approximate surface area is 242 Å². The first-order valence-electron chi connectivity index (χ1n) is 11.2. The Hall–Kier alpha value is -3.17. The van der Waals surface area contributed by atoms with Gasteiger partial charge in [-0.3, -0.25) is 9.59 Å². The third kappa shape index (κ3) is 9.61. The fourth-order valence-electron chi connectivity index (χ4n) is 3.45. The number of ether oxygens (including phenoxy) is 3. The van der Waals surface area contributed by atoms with E-state index in [1.54, 1.807) is 66.7 Å². The Morgan fingerprint density at radius 2 is 1.26 bits per heavy atom. The minimum absolute atomic E-state index is 0. The van der Waals surface area contributed by atoms with Crippen LogP contribution in [-0.4, -0.2) is 58.2 Å². The van der Waals surface area contributed by atoms with E-state index in [-0.39, 0.29) is 49.0 Å². The van der Waals surface area contributed by atoms with E-state index in [1.807, 2.05) is 14.1 Å². The summed E-state index contributed by atoms with van der Waals surface area (Å²) >= 11 is 0. The molecule has 0 aliphatic heterocycles. The highest BCUT2D eigenvalue weighted by molar-refractivity contribution is 6.08. The Morgan fingerprint density at radius 1 is 0.737 bits per heavy atom. The van der Waals surface area contributed by atoms with Gasteiger partial charge in [-0.25, -0.2) is 0 Å². The minimum Gasteiger partial charge on any atom is -0.496 e. The van der Waals surface area contributed by atoms with Gasteiger partial charge in [-0.05, 0) is 63.0 Å². The second kappa shape index (κ2) is 17.4. The van der Waals surface area contributed by atoms with Crippen molar-refractivity contribution in [2.75, 3.05) is 52.1 Å². The van der Waals surface area contributed by atoms with Crippen LogP contribution in [0.3, 0.4) is 0 Å². The number of amides is 2. The molecule has 0 atom stereocenters. The number of methoxy groups -OCH3 is 2. The van der Waals surface area contributed by atoms with E-state index in [2.05, 4.69) is 15.5 Å². The maximum absolute atomic E-state index is 13.0. The van der Waals surface area contributed by atoms with Crippen molar-refractivity contribution in [3.63, 3.8) is 0 Å². The fraction of sp³-hybridized carbons (Fsp3) is 0.259. The van der Waals surface area contributed by atoms with Gasteiger partial charge in [0.25, 0.3) is 11.8 Å². The first-order valence-corrected chi connectivity index (χ1v) is 11.2. The van der Waals surface area contributed by atoms with Crippen LogP contribution in [0.1, 0.15) is 27.1 Å². The summed E-state index contributed by atoms with van der Waals surface area (Å²) in [6.07, 6.45) is 0.819. The molecule has 3 rings (SSSR count). The van der Waals surface area contributed by atoms with Crippen molar-refractivity contribution in [3.05, 3.63) is 77.9 Å². The van der Waals surface area contributed by atoms with Crippen LogP contribution in [0, 0.1) is 0 Å². The van der Waals surface area contributed by atoms with Gasteiger partial charge >= 0.3 is 0 Å². The smallest absolute Gasteiger partial charge is 0.259 e. The van der Waals surface area contributed by atoms with Gasteiger partial charge in [-0.1, -0.05) is 24.3 Å². The molecule has 2 N–H and O–H groups in total. The number of nitrogens with one attached hydrogen (secondary N) is 2. The summed E-state index contributed by atoms with van der Waals surface area (Å²) in [7, 11) is 7.02. The zero-order chi connectivity index (χ0) is 25.2. The summed E-state index contributed by atoms with van der Waals surface area (Å²) in [5, 5.41) is 5.76. The van der Waals surface area contributed by atoms with Crippen LogP contribution in [0.15, 0.2) is 66.7 Å². The van der Waals surface area contributed by atoms with Gasteiger partial charge in [0.2, 0.25) is 0 Å². The molecule has 0 spiro atoms. The molecule has 0 fully saturated rings. The third-order valence-electron chi connectivity index (χ3n) is 5.20. The number of para-hydroxylation sites is 2. The highest BCUT2D eigenvalue weighted by atomic mass is 35.5. The number of anilines is 2. The lowest BCUT2D eigenvalue weighted by Gasteiger charge is -2.16. The lowest BCUT2D eigenvalue weighted by molar-refractivity contribution is 0.101. The summed E-state index contributed by atoms with van der Waals surface area (Å²) in [5.41, 5.74) is 1.72. The zero-order valence-corrected chi connectivity index (χ0v) is 24.1. The molecule has 3 aromatic rings. The fourth-order valence-corrected chi connectivity index (χ4v) is 3.45. The number of halogens is 3. The molecule has 11 heteroatoms. The van der Waals surface area contributed by atoms with E-state index in [9.17, 15) is 9.59 Å². The predicted octanol–water partition coefficient (Wildman–Crippen LogP) is 5.80. The second-order valence-corrected chi connectivity index (χ2v) is 8.03. The maximum atomic E-state index is 13.0. The number of carbonyl (C=O) groups is 2. The van der Waals surface area contributed by atoms with Gasteiger partial charge in [0.15, 0.2) is 0 Å². The summed E-state index contributed by atoms with van der Waals surface area (Å²) < 4.78 is 16.6. The summed E-state index contributed by atoms with van der Waals surface area (Å²) in [6.45, 7) is 1.35. The number of hydrogen-bond donors (Lipinski definition) is 2. The van der Waals surface area contributed by atoms with Crippen molar-refractivity contribution in [2.24, 2.45) is 0 Å². The molecule has 8 nitrogen and oxygen atoms in total. The molecule has 0 aliphatic rings. The quantitative estimate of drug-likeness (QED) is 0.276. The predicted molar refractivity (Wildman–Crippen MR) is 159 cm³/mol. The average Bonchev–Trinajstić information content (AvgIpc) is 2.87. The van der Waals surface area contributed by atoms with Crippen molar-refractivity contribution < 1.29 is 23.8 Å². The van der Waals surface area contributed by atoms with E-state index in [1.165, 1.54) is 14.2 Å². The van der Waals surface area contributed by atoms with Crippen LogP contribution in [0.5, 0.6) is 17.2 Å². The molecule has 0 heterocycles. The first-order chi connectivity index (χ1) is 16.9. The van der Waals surface area contributed by atoms with E-state index >= 15 is 0 Å². The Morgan fingerprint density at radius 3 is 1.79 bits per heavy atom. The molecule has 0 bridgehead atoms. The van der Waals surface area contributed by atoms with Gasteiger partial charge in [0.1, 0.15) is 17.2 Å². The lowest BCUT2D eigenvalue weighted by Crippen LogP contribution is -2.17. The Kier molecular flexibility index (Phi) is 15.9. The van der Waals surface area contributed by atoms with Gasteiger partial charge in [0, 0.05) is 12.2 Å². The number of nitrogens with zero attached hydrogens (tertiary/aromatic N) is 1. The van der Waals surface area contributed by atoms with Crippen LogP contribution in [0.25, 0.3) is 0 Å². The van der Waals surface area contributed by atoms with Gasteiger partial charge in [-0.15, -0.1) is 37.2 Å². The van der Waals surface area contributed by atoms with Crippen LogP contribution >= 0.6 is 37.2 Å². The first kappa shape index (κ1) is 34.8. The van der Waals surface area contributed by atoms with E-state index < -0.39 is 0 Å². The molecule has 3 aromatic carbocycles. The lowest BCUT2D eigenvalue weighted by atomic mass is 10.1. The van der Waals surface area contributed by atoms with E-state index in [4.69, 9.17) is 14.2 Å². The van der Waals surface area contributed by atoms with Crippen molar-refractivity contribution in [1.82, 2.24) is 4.90 Å². The van der Waals surface area contributed by atoms with Gasteiger partial charge in [-0.2, -0.15) is 0 Å². The van der Waals surface area contributed by atoms with E-state index in [0.29, 0.717) is 46.4 Å². The molecule has 0 aromatic heterocycles. The molecule has 0 saturated carbocycles. The van der Waals surface area contributed by atoms with Crippen molar-refractivity contribution in [1.29, 1.82) is 0 Å². The highest BCUT2D eigenvalue weighted by Crippen LogP contribution is 2.30. The largest absolute Gasteiger partial charge is 0.496 e. The van der Waals surface area contributed by atoms with Crippen LogP contribution < -0.4 is 24.8 Å². The third-order valence-corrected chi connectivity index (χ3v) is 5.20. The van der Waals surface area contributed by atoms with Crippen molar-refractivity contribution >= 4 is 60.4 Å². The number of hydrogen-bond acceptors (Lipinski definition) is 6. The second-order valence-electron chi connectivity index (χ2n) is 8.03. The summed E-state index contributed by atoms with van der Waals surface area (Å²) in [4.78, 5) is 28.0. The maximum Gasteiger partial charge on any atom is 0.259 e. The molecule has 0 unspecified atom stereocenters. The zero-order valence-electron chi connectivity index (χ0n) is 21.7. The molecular weight excluding hydrogens is 553 g/mol. The molecule has 0 radical (unpaired) electrons. The normalized spacial score (nSPS) is 9.71. The molecule has 38 heavy (non-hydrogen) atoms. The van der Waals surface area contributed by atoms with E-state index in [0.717, 1.165) is 13.0 Å². The Balaban J connectivity index is 0.00000456.